The van der Waals surface area contributed by atoms with Gasteiger partial charge in [-0.2, -0.15) is 9.97 Å². The number of aromatic nitrogens is 3. The Hall–Kier alpha value is -1.69. The van der Waals surface area contributed by atoms with Gasteiger partial charge in [-0.05, 0) is 30.9 Å². The van der Waals surface area contributed by atoms with Crippen LogP contribution in [-0.4, -0.2) is 21.2 Å². The van der Waals surface area contributed by atoms with Crippen LogP contribution in [0.4, 0.5) is 10.3 Å². The second kappa shape index (κ2) is 4.67. The molecule has 1 aromatic heterocycles. The maximum Gasteiger partial charge on any atom is 0.224 e. The Balaban J connectivity index is 2.59. The van der Waals surface area contributed by atoms with E-state index in [0.29, 0.717) is 16.5 Å². The third-order valence-electron chi connectivity index (χ3n) is 2.26. The van der Waals surface area contributed by atoms with E-state index in [0.717, 1.165) is 5.56 Å². The lowest BCUT2D eigenvalue weighted by Gasteiger charge is -2.06. The van der Waals surface area contributed by atoms with E-state index in [-0.39, 0.29) is 11.8 Å². The highest BCUT2D eigenvalue weighted by atomic mass is 32.2. The molecule has 6 heteroatoms. The summed E-state index contributed by atoms with van der Waals surface area (Å²) in [4.78, 5) is 12.2. The summed E-state index contributed by atoms with van der Waals surface area (Å²) >= 11 is 1.37. The molecule has 2 rings (SSSR count). The van der Waals surface area contributed by atoms with Crippen LogP contribution in [0.25, 0.3) is 11.4 Å². The lowest BCUT2D eigenvalue weighted by Crippen LogP contribution is -2.02. The van der Waals surface area contributed by atoms with Crippen molar-refractivity contribution in [3.05, 3.63) is 29.6 Å². The molecule has 0 aliphatic carbocycles. The molecule has 0 aliphatic heterocycles. The van der Waals surface area contributed by atoms with Gasteiger partial charge in [0.2, 0.25) is 5.95 Å². The van der Waals surface area contributed by atoms with Crippen LogP contribution in [-0.2, 0) is 0 Å². The number of benzene rings is 1. The van der Waals surface area contributed by atoms with Crippen LogP contribution in [0.5, 0.6) is 0 Å². The minimum absolute atomic E-state index is 0.142. The number of nitrogens with two attached hydrogens (primary N) is 1. The first-order valence-corrected chi connectivity index (χ1v) is 6.14. The highest BCUT2D eigenvalue weighted by Gasteiger charge is 2.09. The molecule has 0 unspecified atom stereocenters. The molecule has 0 amide bonds. The molecule has 0 radical (unpaired) electrons. The average Bonchev–Trinajstić information content (AvgIpc) is 2.31. The summed E-state index contributed by atoms with van der Waals surface area (Å²) < 4.78 is 13.2. The maximum absolute atomic E-state index is 13.2. The summed E-state index contributed by atoms with van der Waals surface area (Å²) in [5.74, 6) is 0.220. The number of aryl methyl sites for hydroxylation is 1. The number of hydrogen-bond acceptors (Lipinski definition) is 5. The largest absolute Gasteiger partial charge is 0.368 e. The predicted molar refractivity (Wildman–Crippen MR) is 66.2 cm³/mol. The van der Waals surface area contributed by atoms with Crippen LogP contribution in [0.2, 0.25) is 0 Å². The van der Waals surface area contributed by atoms with Gasteiger partial charge in [-0.25, -0.2) is 9.37 Å². The molecule has 4 nitrogen and oxygen atoms in total. The zero-order chi connectivity index (χ0) is 12.4. The zero-order valence-corrected chi connectivity index (χ0v) is 10.3. The zero-order valence-electron chi connectivity index (χ0n) is 9.44. The van der Waals surface area contributed by atoms with Crippen LogP contribution in [0, 0.1) is 12.7 Å². The number of rotatable bonds is 2. The van der Waals surface area contributed by atoms with Gasteiger partial charge in [-0.3, -0.25) is 0 Å². The number of nitrogens with zero attached hydrogens (tertiary/aromatic N) is 3. The number of nitrogen functional groups attached to an aromatic ring is 1. The van der Waals surface area contributed by atoms with Crippen LogP contribution >= 0.6 is 11.8 Å². The number of thioether (sulfide) groups is 1. The van der Waals surface area contributed by atoms with E-state index in [9.17, 15) is 4.39 Å². The molecule has 0 atom stereocenters. The smallest absolute Gasteiger partial charge is 0.224 e. The molecule has 17 heavy (non-hydrogen) atoms. The molecule has 1 heterocycles. The topological polar surface area (TPSA) is 64.7 Å². The van der Waals surface area contributed by atoms with E-state index in [4.69, 9.17) is 5.73 Å². The molecule has 1 aromatic carbocycles. The third kappa shape index (κ3) is 2.52. The second-order valence-electron chi connectivity index (χ2n) is 3.46. The van der Waals surface area contributed by atoms with Crippen molar-refractivity contribution in [2.45, 2.75) is 12.1 Å². The fourth-order valence-corrected chi connectivity index (χ4v) is 1.78. The molecule has 0 fully saturated rings. The molecule has 0 saturated carbocycles. The SMILES string of the molecule is CSc1nc(N)nc(-c2cc(F)ccc2C)n1. The van der Waals surface area contributed by atoms with E-state index < -0.39 is 0 Å². The van der Waals surface area contributed by atoms with Gasteiger partial charge in [0.1, 0.15) is 5.82 Å². The van der Waals surface area contributed by atoms with E-state index in [2.05, 4.69) is 15.0 Å². The second-order valence-corrected chi connectivity index (χ2v) is 4.24. The Morgan fingerprint density at radius 3 is 2.71 bits per heavy atom. The van der Waals surface area contributed by atoms with Gasteiger partial charge >= 0.3 is 0 Å². The van der Waals surface area contributed by atoms with Crippen molar-refractivity contribution >= 4 is 17.7 Å². The van der Waals surface area contributed by atoms with Crippen LogP contribution in [0.15, 0.2) is 23.4 Å². The number of anilines is 1. The van der Waals surface area contributed by atoms with Crippen molar-refractivity contribution in [3.63, 3.8) is 0 Å². The minimum Gasteiger partial charge on any atom is -0.368 e. The minimum atomic E-state index is -0.324. The Labute approximate surface area is 103 Å². The quantitative estimate of drug-likeness (QED) is 0.828. The number of halogens is 1. The summed E-state index contributed by atoms with van der Waals surface area (Å²) in [5.41, 5.74) is 7.12. The van der Waals surface area contributed by atoms with Crippen molar-refractivity contribution in [2.75, 3.05) is 12.0 Å². The Kier molecular flexibility index (Phi) is 3.23. The van der Waals surface area contributed by atoms with Gasteiger partial charge in [0, 0.05) is 5.56 Å². The fraction of sp³-hybridized carbons (Fsp3) is 0.182. The van der Waals surface area contributed by atoms with Crippen molar-refractivity contribution < 1.29 is 4.39 Å². The Bertz CT molecular complexity index is 559. The van der Waals surface area contributed by atoms with E-state index in [1.165, 1.54) is 23.9 Å². The number of hydrogen-bond donors (Lipinski definition) is 1. The summed E-state index contributed by atoms with van der Waals surface area (Å²) in [6, 6.07) is 4.48. The lowest BCUT2D eigenvalue weighted by atomic mass is 10.1. The molecule has 2 aromatic rings. The van der Waals surface area contributed by atoms with Gasteiger partial charge in [0.15, 0.2) is 11.0 Å². The molecule has 0 aliphatic rings. The fourth-order valence-electron chi connectivity index (χ4n) is 1.42. The van der Waals surface area contributed by atoms with E-state index >= 15 is 0 Å². The Morgan fingerprint density at radius 1 is 1.24 bits per heavy atom. The molecule has 0 saturated heterocycles. The maximum atomic E-state index is 13.2. The average molecular weight is 250 g/mol. The molecule has 0 bridgehead atoms. The molecular weight excluding hydrogens is 239 g/mol. The van der Waals surface area contributed by atoms with Crippen LogP contribution in [0.1, 0.15) is 5.56 Å². The van der Waals surface area contributed by atoms with Crippen LogP contribution in [0.3, 0.4) is 0 Å². The molecule has 0 spiro atoms. The first-order chi connectivity index (χ1) is 8.10. The van der Waals surface area contributed by atoms with E-state index in [1.807, 2.05) is 13.2 Å². The normalized spacial score (nSPS) is 10.5. The third-order valence-corrected chi connectivity index (χ3v) is 2.80. The van der Waals surface area contributed by atoms with Crippen molar-refractivity contribution in [3.8, 4) is 11.4 Å². The van der Waals surface area contributed by atoms with E-state index in [1.54, 1.807) is 6.07 Å². The highest BCUT2D eigenvalue weighted by molar-refractivity contribution is 7.98. The highest BCUT2D eigenvalue weighted by Crippen LogP contribution is 2.22. The van der Waals surface area contributed by atoms with Gasteiger partial charge in [0.05, 0.1) is 0 Å². The summed E-state index contributed by atoms with van der Waals surface area (Å²) in [6.07, 6.45) is 1.84. The van der Waals surface area contributed by atoms with Crippen LogP contribution < -0.4 is 5.73 Å². The summed E-state index contributed by atoms with van der Waals surface area (Å²) in [7, 11) is 0. The summed E-state index contributed by atoms with van der Waals surface area (Å²) in [6.45, 7) is 1.87. The monoisotopic (exact) mass is 250 g/mol. The van der Waals surface area contributed by atoms with Gasteiger partial charge in [-0.15, -0.1) is 0 Å². The first kappa shape index (κ1) is 11.8. The molecule has 88 valence electrons. The van der Waals surface area contributed by atoms with Crippen molar-refractivity contribution in [2.24, 2.45) is 0 Å². The molecule has 2 N–H and O–H groups in total. The predicted octanol–water partition coefficient (Wildman–Crippen LogP) is 2.29. The molecular formula is C11H11FN4S. The van der Waals surface area contributed by atoms with Gasteiger partial charge < -0.3 is 5.73 Å². The first-order valence-electron chi connectivity index (χ1n) is 4.92. The van der Waals surface area contributed by atoms with Crippen molar-refractivity contribution in [1.82, 2.24) is 15.0 Å². The Morgan fingerprint density at radius 2 is 2.00 bits per heavy atom. The van der Waals surface area contributed by atoms with Crippen molar-refractivity contribution in [1.29, 1.82) is 0 Å². The standard InChI is InChI=1S/C11H11FN4S/c1-6-3-4-7(12)5-8(6)9-14-10(13)16-11(15-9)17-2/h3-5H,1-2H3,(H2,13,14,15,16). The summed E-state index contributed by atoms with van der Waals surface area (Å²) in [5, 5.41) is 0.524. The van der Waals surface area contributed by atoms with Gasteiger partial charge in [0.25, 0.3) is 0 Å². The van der Waals surface area contributed by atoms with Gasteiger partial charge in [-0.1, -0.05) is 17.8 Å². The lowest BCUT2D eigenvalue weighted by molar-refractivity contribution is 0.627.